The molecule has 3 rings (SSSR count). The molecule has 1 N–H and O–H groups in total. The molecule has 0 unspecified atom stereocenters. The molecule has 0 radical (unpaired) electrons. The summed E-state index contributed by atoms with van der Waals surface area (Å²) in [5.74, 6) is 0. The first-order valence-corrected chi connectivity index (χ1v) is 10.1. The monoisotopic (exact) mass is 342 g/mol. The van der Waals surface area contributed by atoms with Crippen LogP contribution in [0.3, 0.4) is 0 Å². The number of sulfonamides is 1. The predicted octanol–water partition coefficient (Wildman–Crippen LogP) is 3.97. The minimum atomic E-state index is -3.31. The van der Waals surface area contributed by atoms with E-state index in [-0.39, 0.29) is 0 Å². The maximum atomic E-state index is 11.4. The summed E-state index contributed by atoms with van der Waals surface area (Å²) >= 11 is 4.56. The number of aromatic nitrogens is 1. The van der Waals surface area contributed by atoms with E-state index < -0.39 is 10.0 Å². The summed E-state index contributed by atoms with van der Waals surface area (Å²) < 4.78 is 25.2. The Labute approximate surface area is 128 Å². The first-order chi connectivity index (χ1) is 9.53. The quantitative estimate of drug-likeness (QED) is 0.780. The number of hydrogen-bond donors (Lipinski definition) is 1. The van der Waals surface area contributed by atoms with Gasteiger partial charge in [-0.2, -0.15) is 0 Å². The summed E-state index contributed by atoms with van der Waals surface area (Å²) in [7, 11) is -3.31. The Bertz CT molecular complexity index is 750. The minimum Gasteiger partial charge on any atom is -0.259 e. The molecule has 8 heteroatoms. The summed E-state index contributed by atoms with van der Waals surface area (Å²) in [6.07, 6.45) is 1.13. The summed E-state index contributed by atoms with van der Waals surface area (Å²) in [5.41, 5.74) is 0.832. The second kappa shape index (κ2) is 5.28. The third-order valence-electron chi connectivity index (χ3n) is 2.40. The van der Waals surface area contributed by atoms with E-state index in [2.05, 4.69) is 9.71 Å². The minimum absolute atomic E-state index is 0.402. The highest BCUT2D eigenvalue weighted by atomic mass is 32.2. The van der Waals surface area contributed by atoms with E-state index in [1.165, 1.54) is 11.3 Å². The second-order valence-corrected chi connectivity index (χ2v) is 8.67. The first-order valence-electron chi connectivity index (χ1n) is 5.59. The van der Waals surface area contributed by atoms with E-state index in [0.29, 0.717) is 5.13 Å². The number of nitrogens with one attached hydrogen (secondary N) is 1. The van der Waals surface area contributed by atoms with Crippen molar-refractivity contribution in [2.75, 3.05) is 11.0 Å². The molecule has 0 saturated carbocycles. The van der Waals surface area contributed by atoms with Crippen molar-refractivity contribution in [3.05, 3.63) is 35.0 Å². The molecule has 0 saturated heterocycles. The van der Waals surface area contributed by atoms with E-state index in [4.69, 9.17) is 0 Å². The predicted molar refractivity (Wildman–Crippen MR) is 87.2 cm³/mol. The zero-order valence-corrected chi connectivity index (χ0v) is 13.6. The molecule has 0 aliphatic rings. The van der Waals surface area contributed by atoms with Gasteiger partial charge < -0.3 is 0 Å². The van der Waals surface area contributed by atoms with Crippen molar-refractivity contribution in [2.24, 2.45) is 0 Å². The Balaban J connectivity index is 2.12. The Morgan fingerprint density at radius 2 is 1.75 bits per heavy atom. The van der Waals surface area contributed by atoms with Crippen LogP contribution in [0.1, 0.15) is 0 Å². The fraction of sp³-hybridized carbons (Fsp3) is 0.0833. The summed E-state index contributed by atoms with van der Waals surface area (Å²) in [6, 6.07) is 7.93. The van der Waals surface area contributed by atoms with Crippen LogP contribution in [-0.2, 0) is 10.0 Å². The van der Waals surface area contributed by atoms with Crippen molar-refractivity contribution in [3.8, 4) is 20.3 Å². The largest absolute Gasteiger partial charge is 0.259 e. The van der Waals surface area contributed by atoms with Gasteiger partial charge in [-0.15, -0.1) is 22.7 Å². The van der Waals surface area contributed by atoms with Gasteiger partial charge in [0, 0.05) is 4.88 Å². The lowest BCUT2D eigenvalue weighted by Crippen LogP contribution is -2.08. The third-order valence-corrected chi connectivity index (χ3v) is 5.99. The third kappa shape index (κ3) is 2.93. The van der Waals surface area contributed by atoms with Crippen molar-refractivity contribution >= 4 is 49.2 Å². The standard InChI is InChI=1S/C12H10N2O2S4/c1-20(15,16)14-12-13-10(8-4-2-6-17-8)11(19-12)9-5-3-7-18-9/h2-7H,1H3,(H,13,14). The lowest BCUT2D eigenvalue weighted by atomic mass is 10.3. The fourth-order valence-corrected chi connectivity index (χ4v) is 5.13. The Morgan fingerprint density at radius 1 is 1.10 bits per heavy atom. The van der Waals surface area contributed by atoms with Crippen molar-refractivity contribution in [1.29, 1.82) is 0 Å². The molecule has 0 aliphatic carbocycles. The highest BCUT2D eigenvalue weighted by Gasteiger charge is 2.17. The summed E-state index contributed by atoms with van der Waals surface area (Å²) in [6.45, 7) is 0. The normalized spacial score (nSPS) is 11.7. The van der Waals surface area contributed by atoms with Crippen LogP contribution in [0.5, 0.6) is 0 Å². The van der Waals surface area contributed by atoms with Crippen molar-refractivity contribution in [3.63, 3.8) is 0 Å². The van der Waals surface area contributed by atoms with Gasteiger partial charge in [-0.3, -0.25) is 4.72 Å². The molecule has 3 aromatic rings. The lowest BCUT2D eigenvalue weighted by Gasteiger charge is -1.96. The zero-order chi connectivity index (χ0) is 14.2. The molecular weight excluding hydrogens is 332 g/mol. The Hall–Kier alpha value is -1.22. The number of anilines is 1. The van der Waals surface area contributed by atoms with E-state index in [9.17, 15) is 8.42 Å². The van der Waals surface area contributed by atoms with Crippen molar-refractivity contribution in [1.82, 2.24) is 4.98 Å². The first kappa shape index (κ1) is 13.7. The Kier molecular flexibility index (Phi) is 3.63. The van der Waals surface area contributed by atoms with Gasteiger partial charge in [0.05, 0.1) is 16.0 Å². The van der Waals surface area contributed by atoms with Gasteiger partial charge in [-0.05, 0) is 22.9 Å². The van der Waals surface area contributed by atoms with Crippen LogP contribution < -0.4 is 4.72 Å². The molecule has 20 heavy (non-hydrogen) atoms. The molecule has 0 aromatic carbocycles. The van der Waals surface area contributed by atoms with Gasteiger partial charge in [0.2, 0.25) is 10.0 Å². The molecular formula is C12H10N2O2S4. The van der Waals surface area contributed by atoms with E-state index >= 15 is 0 Å². The molecule has 0 bridgehead atoms. The van der Waals surface area contributed by atoms with Crippen LogP contribution in [0.15, 0.2) is 35.0 Å². The molecule has 0 atom stereocenters. The van der Waals surface area contributed by atoms with Crippen LogP contribution in [-0.4, -0.2) is 19.7 Å². The van der Waals surface area contributed by atoms with Gasteiger partial charge in [-0.25, -0.2) is 13.4 Å². The highest BCUT2D eigenvalue weighted by Crippen LogP contribution is 2.42. The smallest absolute Gasteiger partial charge is 0.231 e. The van der Waals surface area contributed by atoms with E-state index in [1.807, 2.05) is 35.0 Å². The van der Waals surface area contributed by atoms with Crippen molar-refractivity contribution < 1.29 is 8.42 Å². The number of thiazole rings is 1. The topological polar surface area (TPSA) is 59.1 Å². The molecule has 0 amide bonds. The summed E-state index contributed by atoms with van der Waals surface area (Å²) in [5, 5.41) is 4.38. The van der Waals surface area contributed by atoms with Crippen LogP contribution in [0.4, 0.5) is 5.13 Å². The summed E-state index contributed by atoms with van der Waals surface area (Å²) in [4.78, 5) is 7.56. The van der Waals surface area contributed by atoms with Gasteiger partial charge in [0.25, 0.3) is 0 Å². The maximum absolute atomic E-state index is 11.4. The molecule has 3 aromatic heterocycles. The molecule has 0 spiro atoms. The number of nitrogens with zero attached hydrogens (tertiary/aromatic N) is 1. The zero-order valence-electron chi connectivity index (χ0n) is 10.4. The number of rotatable bonds is 4. The van der Waals surface area contributed by atoms with Crippen LogP contribution >= 0.6 is 34.0 Å². The molecule has 4 nitrogen and oxygen atoms in total. The van der Waals surface area contributed by atoms with Gasteiger partial charge in [0.1, 0.15) is 5.69 Å². The fourth-order valence-electron chi connectivity index (χ4n) is 1.68. The molecule has 104 valence electrons. The van der Waals surface area contributed by atoms with Crippen LogP contribution in [0.25, 0.3) is 20.3 Å². The van der Waals surface area contributed by atoms with Crippen LogP contribution in [0.2, 0.25) is 0 Å². The Morgan fingerprint density at radius 3 is 2.30 bits per heavy atom. The van der Waals surface area contributed by atoms with Gasteiger partial charge >= 0.3 is 0 Å². The number of thiophene rings is 2. The molecule has 0 fully saturated rings. The lowest BCUT2D eigenvalue weighted by molar-refractivity contribution is 0.607. The maximum Gasteiger partial charge on any atom is 0.231 e. The molecule has 0 aliphatic heterocycles. The molecule has 3 heterocycles. The average molecular weight is 342 g/mol. The van der Waals surface area contributed by atoms with Crippen LogP contribution in [0, 0.1) is 0 Å². The van der Waals surface area contributed by atoms with E-state index in [0.717, 1.165) is 26.6 Å². The SMILES string of the molecule is CS(=O)(=O)Nc1nc(-c2cccs2)c(-c2cccs2)s1. The van der Waals surface area contributed by atoms with Gasteiger partial charge in [0.15, 0.2) is 5.13 Å². The second-order valence-electron chi connectivity index (χ2n) is 4.03. The highest BCUT2D eigenvalue weighted by molar-refractivity contribution is 7.92. The van der Waals surface area contributed by atoms with E-state index in [1.54, 1.807) is 22.7 Å². The van der Waals surface area contributed by atoms with Crippen molar-refractivity contribution in [2.45, 2.75) is 0 Å². The number of hydrogen-bond acceptors (Lipinski definition) is 6. The average Bonchev–Trinajstić information content (AvgIpc) is 3.08. The van der Waals surface area contributed by atoms with Gasteiger partial charge in [-0.1, -0.05) is 23.5 Å².